The summed E-state index contributed by atoms with van der Waals surface area (Å²) < 4.78 is 5.76. The van der Waals surface area contributed by atoms with Gasteiger partial charge in [0.2, 0.25) is 0 Å². The van der Waals surface area contributed by atoms with Gasteiger partial charge in [-0.05, 0) is 35.7 Å². The van der Waals surface area contributed by atoms with E-state index in [1.54, 1.807) is 12.1 Å². The standard InChI is InChI=1S/C17H17NO3/c19-16-8-12-4-2-1-3-11(12)7-15(16)17(20)18-9-13-5-6-14(10-18)21-13/h1-4,7-8,13-14,19H,5-6,9-10H2. The zero-order valence-electron chi connectivity index (χ0n) is 11.7. The van der Waals surface area contributed by atoms with E-state index in [-0.39, 0.29) is 23.9 Å². The van der Waals surface area contributed by atoms with Gasteiger partial charge in [0, 0.05) is 13.1 Å². The third-order valence-electron chi connectivity index (χ3n) is 4.43. The number of hydrogen-bond donors (Lipinski definition) is 1. The largest absolute Gasteiger partial charge is 0.507 e. The van der Waals surface area contributed by atoms with Crippen LogP contribution < -0.4 is 0 Å². The highest BCUT2D eigenvalue weighted by Gasteiger charge is 2.36. The second-order valence-electron chi connectivity index (χ2n) is 5.88. The highest BCUT2D eigenvalue weighted by atomic mass is 16.5. The number of aromatic hydroxyl groups is 1. The summed E-state index contributed by atoms with van der Waals surface area (Å²) in [7, 11) is 0. The van der Waals surface area contributed by atoms with E-state index in [2.05, 4.69) is 0 Å². The van der Waals surface area contributed by atoms with Gasteiger partial charge < -0.3 is 14.7 Å². The van der Waals surface area contributed by atoms with Crippen LogP contribution >= 0.6 is 0 Å². The third-order valence-corrected chi connectivity index (χ3v) is 4.43. The first-order chi connectivity index (χ1) is 10.2. The Labute approximate surface area is 122 Å². The van der Waals surface area contributed by atoms with Gasteiger partial charge in [-0.2, -0.15) is 0 Å². The van der Waals surface area contributed by atoms with Crippen LogP contribution in [-0.4, -0.2) is 41.2 Å². The summed E-state index contributed by atoms with van der Waals surface area (Å²) in [5.74, 6) is -0.0454. The Morgan fingerprint density at radius 1 is 1.10 bits per heavy atom. The maximum absolute atomic E-state index is 12.7. The minimum atomic E-state index is -0.0987. The highest BCUT2D eigenvalue weighted by molar-refractivity contribution is 6.01. The number of phenolic OH excluding ortho intramolecular Hbond substituents is 1. The minimum absolute atomic E-state index is 0.0533. The summed E-state index contributed by atoms with van der Waals surface area (Å²) in [5, 5.41) is 12.1. The van der Waals surface area contributed by atoms with Crippen molar-refractivity contribution in [3.05, 3.63) is 42.0 Å². The van der Waals surface area contributed by atoms with Crippen LogP contribution in [0, 0.1) is 0 Å². The van der Waals surface area contributed by atoms with E-state index >= 15 is 0 Å². The van der Waals surface area contributed by atoms with E-state index in [1.165, 1.54) is 0 Å². The highest BCUT2D eigenvalue weighted by Crippen LogP contribution is 2.30. The van der Waals surface area contributed by atoms with Crippen LogP contribution in [0.25, 0.3) is 10.8 Å². The van der Waals surface area contributed by atoms with Crippen molar-refractivity contribution in [2.45, 2.75) is 25.0 Å². The van der Waals surface area contributed by atoms with E-state index in [1.807, 2.05) is 29.2 Å². The van der Waals surface area contributed by atoms with Crippen LogP contribution in [0.5, 0.6) is 5.75 Å². The van der Waals surface area contributed by atoms with E-state index in [4.69, 9.17) is 4.74 Å². The molecule has 2 heterocycles. The lowest BCUT2D eigenvalue weighted by Crippen LogP contribution is -2.45. The number of hydrogen-bond acceptors (Lipinski definition) is 3. The fourth-order valence-corrected chi connectivity index (χ4v) is 3.35. The molecule has 2 aromatic rings. The molecular formula is C17H17NO3. The second-order valence-corrected chi connectivity index (χ2v) is 5.88. The topological polar surface area (TPSA) is 49.8 Å². The van der Waals surface area contributed by atoms with Gasteiger partial charge in [-0.25, -0.2) is 0 Å². The number of fused-ring (bicyclic) bond motifs is 3. The van der Waals surface area contributed by atoms with Crippen molar-refractivity contribution < 1.29 is 14.6 Å². The zero-order valence-corrected chi connectivity index (χ0v) is 11.7. The number of benzene rings is 2. The molecule has 1 amide bonds. The number of carbonyl (C=O) groups is 1. The van der Waals surface area contributed by atoms with Gasteiger partial charge in [0.1, 0.15) is 5.75 Å². The number of amides is 1. The van der Waals surface area contributed by atoms with Gasteiger partial charge in [0.25, 0.3) is 5.91 Å². The molecule has 0 aromatic heterocycles. The van der Waals surface area contributed by atoms with Gasteiger partial charge >= 0.3 is 0 Å². The third kappa shape index (κ3) is 2.16. The molecular weight excluding hydrogens is 266 g/mol. The smallest absolute Gasteiger partial charge is 0.257 e. The Morgan fingerprint density at radius 2 is 1.71 bits per heavy atom. The summed E-state index contributed by atoms with van der Waals surface area (Å²) >= 11 is 0. The number of nitrogens with zero attached hydrogens (tertiary/aromatic N) is 1. The van der Waals surface area contributed by atoms with Crippen molar-refractivity contribution in [2.75, 3.05) is 13.1 Å². The number of morpholine rings is 1. The van der Waals surface area contributed by atoms with E-state index in [9.17, 15) is 9.90 Å². The molecule has 4 rings (SSSR count). The lowest BCUT2D eigenvalue weighted by molar-refractivity contribution is -0.0304. The summed E-state index contributed by atoms with van der Waals surface area (Å²) in [5.41, 5.74) is 0.384. The average Bonchev–Trinajstić information content (AvgIpc) is 2.84. The van der Waals surface area contributed by atoms with Crippen molar-refractivity contribution in [2.24, 2.45) is 0 Å². The Bertz CT molecular complexity index is 700. The first-order valence-electron chi connectivity index (χ1n) is 7.37. The fraction of sp³-hybridized carbons (Fsp3) is 0.353. The minimum Gasteiger partial charge on any atom is -0.507 e. The first-order valence-corrected chi connectivity index (χ1v) is 7.37. The Kier molecular flexibility index (Phi) is 2.86. The molecule has 2 fully saturated rings. The van der Waals surface area contributed by atoms with E-state index < -0.39 is 0 Å². The van der Waals surface area contributed by atoms with Gasteiger partial charge in [0.05, 0.1) is 17.8 Å². The Balaban J connectivity index is 1.69. The molecule has 108 valence electrons. The zero-order chi connectivity index (χ0) is 14.4. The van der Waals surface area contributed by atoms with E-state index in [0.717, 1.165) is 23.6 Å². The molecule has 0 spiro atoms. The number of rotatable bonds is 1. The molecule has 1 N–H and O–H groups in total. The molecule has 2 aromatic carbocycles. The molecule has 2 atom stereocenters. The predicted octanol–water partition coefficient (Wildman–Crippen LogP) is 2.55. The molecule has 2 saturated heterocycles. The number of ether oxygens (including phenoxy) is 1. The van der Waals surface area contributed by atoms with Gasteiger partial charge in [-0.3, -0.25) is 4.79 Å². The SMILES string of the molecule is O=C(c1cc2ccccc2cc1O)N1CC2CCC(C1)O2. The predicted molar refractivity (Wildman–Crippen MR) is 79.4 cm³/mol. The fourth-order valence-electron chi connectivity index (χ4n) is 3.35. The van der Waals surface area contributed by atoms with Crippen LogP contribution in [-0.2, 0) is 4.74 Å². The van der Waals surface area contributed by atoms with Crippen LogP contribution in [0.4, 0.5) is 0 Å². The maximum Gasteiger partial charge on any atom is 0.257 e. The van der Waals surface area contributed by atoms with Gasteiger partial charge in [-0.1, -0.05) is 24.3 Å². The molecule has 21 heavy (non-hydrogen) atoms. The average molecular weight is 283 g/mol. The molecule has 4 heteroatoms. The van der Waals surface area contributed by atoms with Crippen molar-refractivity contribution in [1.82, 2.24) is 4.90 Å². The summed E-state index contributed by atoms with van der Waals surface area (Å²) in [6.45, 7) is 1.25. The first kappa shape index (κ1) is 12.7. The molecule has 2 bridgehead atoms. The quantitative estimate of drug-likeness (QED) is 0.875. The molecule has 0 aliphatic carbocycles. The van der Waals surface area contributed by atoms with Crippen LogP contribution in [0.1, 0.15) is 23.2 Å². The molecule has 4 nitrogen and oxygen atoms in total. The van der Waals surface area contributed by atoms with Crippen molar-refractivity contribution in [1.29, 1.82) is 0 Å². The lowest BCUT2D eigenvalue weighted by atomic mass is 10.0. The Hall–Kier alpha value is -2.07. The molecule has 2 unspecified atom stereocenters. The molecule has 0 radical (unpaired) electrons. The lowest BCUT2D eigenvalue weighted by Gasteiger charge is -2.32. The van der Waals surface area contributed by atoms with Crippen molar-refractivity contribution in [3.63, 3.8) is 0 Å². The second kappa shape index (κ2) is 4.74. The summed E-state index contributed by atoms with van der Waals surface area (Å²) in [6.07, 6.45) is 2.38. The maximum atomic E-state index is 12.7. The van der Waals surface area contributed by atoms with Crippen molar-refractivity contribution in [3.8, 4) is 5.75 Å². The van der Waals surface area contributed by atoms with Crippen LogP contribution in [0.15, 0.2) is 36.4 Å². The Morgan fingerprint density at radius 3 is 2.38 bits per heavy atom. The summed E-state index contributed by atoms with van der Waals surface area (Å²) in [4.78, 5) is 14.5. The number of phenols is 1. The van der Waals surface area contributed by atoms with Gasteiger partial charge in [0.15, 0.2) is 0 Å². The van der Waals surface area contributed by atoms with Crippen LogP contribution in [0.2, 0.25) is 0 Å². The van der Waals surface area contributed by atoms with Crippen molar-refractivity contribution >= 4 is 16.7 Å². The monoisotopic (exact) mass is 283 g/mol. The number of likely N-dealkylation sites (tertiary alicyclic amines) is 1. The molecule has 2 aliphatic heterocycles. The van der Waals surface area contributed by atoms with Gasteiger partial charge in [-0.15, -0.1) is 0 Å². The molecule has 2 aliphatic rings. The normalized spacial score (nSPS) is 24.5. The summed E-state index contributed by atoms with van der Waals surface area (Å²) in [6, 6.07) is 11.2. The van der Waals surface area contributed by atoms with Crippen LogP contribution in [0.3, 0.4) is 0 Å². The number of carbonyl (C=O) groups excluding carboxylic acids is 1. The molecule has 0 saturated carbocycles. The van der Waals surface area contributed by atoms with E-state index in [0.29, 0.717) is 18.7 Å².